The van der Waals surface area contributed by atoms with Crippen LogP contribution in [0.25, 0.3) is 39.1 Å². The van der Waals surface area contributed by atoms with E-state index < -0.39 is 29.8 Å². The number of anilines is 3. The SMILES string of the molecule is CO[C@H]1CN(C)C(=O)[C@@H]2C[C@@H](CN2c2nc(N3[C@@H]4C[C@H]3C(=O)N(C3CC3)C4)nc3c2cnn3-c2ccc(F)cc2F)Nc2cccc(n2)-c2nccc3nc(C)n(c23)C1. The van der Waals surface area contributed by atoms with Crippen LogP contribution in [0, 0.1) is 18.6 Å². The zero-order chi connectivity index (χ0) is 40.3. The number of piperazine rings is 1. The lowest BCUT2D eigenvalue weighted by Crippen LogP contribution is -2.72. The summed E-state index contributed by atoms with van der Waals surface area (Å²) in [6, 6.07) is 9.80. The van der Waals surface area contributed by atoms with Crippen molar-refractivity contribution in [3.63, 3.8) is 0 Å². The summed E-state index contributed by atoms with van der Waals surface area (Å²) < 4.78 is 39.0. The molecular weight excluding hydrogens is 761 g/mol. The summed E-state index contributed by atoms with van der Waals surface area (Å²) in [7, 11) is 3.41. The van der Waals surface area contributed by atoms with E-state index in [2.05, 4.69) is 15.0 Å². The quantitative estimate of drug-likeness (QED) is 0.270. The van der Waals surface area contributed by atoms with Gasteiger partial charge in [0.15, 0.2) is 11.5 Å². The second kappa shape index (κ2) is 13.4. The Balaban J connectivity index is 1.03. The molecule has 0 unspecified atom stereocenters. The number of aryl methyl sites for hydroxylation is 1. The maximum atomic E-state index is 15.4. The normalized spacial score (nSPS) is 24.4. The van der Waals surface area contributed by atoms with E-state index in [9.17, 15) is 14.0 Å². The number of methoxy groups -OCH3 is 1. The average Bonchev–Trinajstić information content (AvgIpc) is 3.72. The van der Waals surface area contributed by atoms with Crippen molar-refractivity contribution in [1.29, 1.82) is 0 Å². The monoisotopic (exact) mass is 801 g/mol. The third-order valence-corrected chi connectivity index (χ3v) is 12.6. The lowest BCUT2D eigenvalue weighted by Gasteiger charge is -2.55. The van der Waals surface area contributed by atoms with Crippen LogP contribution in [0.1, 0.15) is 31.5 Å². The van der Waals surface area contributed by atoms with E-state index in [4.69, 9.17) is 29.7 Å². The number of nitrogens with one attached hydrogen (secondary N) is 1. The summed E-state index contributed by atoms with van der Waals surface area (Å²) in [5.74, 6) is 0.485. The number of ether oxygens (including phenoxy) is 1. The van der Waals surface area contributed by atoms with Gasteiger partial charge in [0.1, 0.15) is 46.7 Å². The predicted octanol–water partition coefficient (Wildman–Crippen LogP) is 3.71. The Kier molecular flexibility index (Phi) is 8.12. The smallest absolute Gasteiger partial charge is 0.245 e. The van der Waals surface area contributed by atoms with Gasteiger partial charge < -0.3 is 34.2 Å². The number of piperidine rings is 1. The Hall–Kier alpha value is -6.30. The van der Waals surface area contributed by atoms with Crippen molar-refractivity contribution in [2.24, 2.45) is 0 Å². The number of hydrogen-bond donors (Lipinski definition) is 1. The maximum absolute atomic E-state index is 15.4. The molecule has 18 heteroatoms. The zero-order valence-corrected chi connectivity index (χ0v) is 32.7. The molecular formula is C41H41F2N13O3. The average molecular weight is 802 g/mol. The molecule has 1 N–H and O–H groups in total. The maximum Gasteiger partial charge on any atom is 0.245 e. The number of aromatic nitrogens is 8. The number of benzene rings is 1. The van der Waals surface area contributed by atoms with Gasteiger partial charge in [-0.25, -0.2) is 23.4 Å². The van der Waals surface area contributed by atoms with E-state index in [0.717, 1.165) is 35.8 Å². The molecule has 6 aromatic rings. The second-order valence-corrected chi connectivity index (χ2v) is 16.3. The molecule has 6 bridgehead atoms. The molecule has 1 aliphatic carbocycles. The van der Waals surface area contributed by atoms with Crippen molar-refractivity contribution in [3.05, 3.63) is 72.3 Å². The van der Waals surface area contributed by atoms with Crippen molar-refractivity contribution in [1.82, 2.24) is 49.1 Å². The molecule has 1 aromatic carbocycles. The molecule has 5 aliphatic heterocycles. The molecule has 0 radical (unpaired) electrons. The summed E-state index contributed by atoms with van der Waals surface area (Å²) in [4.78, 5) is 60.9. The Labute approximate surface area is 336 Å². The van der Waals surface area contributed by atoms with Gasteiger partial charge in [-0.2, -0.15) is 15.1 Å². The number of likely N-dealkylation sites (N-methyl/N-ethyl adjacent to an activating group) is 1. The Morgan fingerprint density at radius 2 is 1.75 bits per heavy atom. The van der Waals surface area contributed by atoms with Crippen molar-refractivity contribution in [3.8, 4) is 17.1 Å². The van der Waals surface area contributed by atoms with Gasteiger partial charge in [-0.3, -0.25) is 14.6 Å². The Morgan fingerprint density at radius 3 is 2.54 bits per heavy atom. The van der Waals surface area contributed by atoms with Crippen LogP contribution >= 0.6 is 0 Å². The number of imidazole rings is 1. The van der Waals surface area contributed by atoms with Crippen LogP contribution in [0.15, 0.2) is 54.9 Å². The van der Waals surface area contributed by atoms with Gasteiger partial charge in [-0.05, 0) is 62.9 Å². The minimum Gasteiger partial charge on any atom is -0.378 e. The van der Waals surface area contributed by atoms with E-state index in [0.29, 0.717) is 66.8 Å². The zero-order valence-electron chi connectivity index (χ0n) is 32.7. The first kappa shape index (κ1) is 35.8. The summed E-state index contributed by atoms with van der Waals surface area (Å²) in [6.45, 7) is 3.54. The molecule has 12 rings (SSSR count). The highest BCUT2D eigenvalue weighted by Crippen LogP contribution is 2.43. The molecule has 5 atom stereocenters. The van der Waals surface area contributed by atoms with Gasteiger partial charge in [-0.15, -0.1) is 0 Å². The number of rotatable bonds is 5. The number of hydrogen-bond acceptors (Lipinski definition) is 12. The molecule has 0 spiro atoms. The number of amides is 2. The fourth-order valence-corrected chi connectivity index (χ4v) is 9.49. The van der Waals surface area contributed by atoms with Crippen molar-refractivity contribution < 1.29 is 23.1 Å². The molecule has 5 fully saturated rings. The number of pyridine rings is 2. The van der Waals surface area contributed by atoms with Crippen LogP contribution in [0.4, 0.5) is 26.4 Å². The second-order valence-electron chi connectivity index (χ2n) is 16.3. The molecule has 302 valence electrons. The third-order valence-electron chi connectivity index (χ3n) is 12.6. The standard InChI is InChI=1S/C41H41F2N13O3/c1-21-46-30-11-12-44-35-29-5-4-6-34(48-29)47-23-14-32(39(57)51(2)19-26(59-3)20-52(21)36(30)35)54(17-23)37-27-16-45-56(31-10-7-22(42)13-28(31)43)38(27)50-41(49-37)55-25-15-33(55)40(58)53(18-25)24-8-9-24/h4-7,10-13,16,23-26,32-33H,8-9,14-15,17-20H2,1-3H3,(H,47,48)/t23-,25+,26-,32-,33-/m0/s1. The van der Waals surface area contributed by atoms with Crippen LogP contribution in [0.3, 0.4) is 0 Å². The van der Waals surface area contributed by atoms with Gasteiger partial charge in [0.05, 0.1) is 47.0 Å². The van der Waals surface area contributed by atoms with Gasteiger partial charge >= 0.3 is 0 Å². The Morgan fingerprint density at radius 1 is 0.881 bits per heavy atom. The van der Waals surface area contributed by atoms with Gasteiger partial charge in [0.25, 0.3) is 0 Å². The molecule has 10 heterocycles. The third kappa shape index (κ3) is 5.78. The van der Waals surface area contributed by atoms with Crippen molar-refractivity contribution >= 4 is 51.5 Å². The Bertz CT molecular complexity index is 2700. The van der Waals surface area contributed by atoms with E-state index in [-0.39, 0.29) is 47.8 Å². The van der Waals surface area contributed by atoms with E-state index in [1.165, 1.54) is 16.8 Å². The largest absolute Gasteiger partial charge is 0.378 e. The minimum absolute atomic E-state index is 0.00182. The molecule has 1 saturated carbocycles. The highest BCUT2D eigenvalue weighted by molar-refractivity contribution is 5.95. The van der Waals surface area contributed by atoms with Crippen LogP contribution in [0.2, 0.25) is 0 Å². The summed E-state index contributed by atoms with van der Waals surface area (Å²) in [6.07, 6.45) is 5.99. The van der Waals surface area contributed by atoms with E-state index in [1.807, 2.05) is 45.9 Å². The number of nitrogens with zero attached hydrogens (tertiary/aromatic N) is 12. The number of carbonyl (C=O) groups excluding carboxylic acids is 2. The lowest BCUT2D eigenvalue weighted by molar-refractivity contribution is -0.140. The van der Waals surface area contributed by atoms with E-state index in [1.54, 1.807) is 31.5 Å². The number of carbonyl (C=O) groups is 2. The molecule has 6 aliphatic rings. The predicted molar refractivity (Wildman–Crippen MR) is 213 cm³/mol. The van der Waals surface area contributed by atoms with Crippen LogP contribution < -0.4 is 15.1 Å². The van der Waals surface area contributed by atoms with Gasteiger partial charge in [-0.1, -0.05) is 6.07 Å². The van der Waals surface area contributed by atoms with Crippen LogP contribution in [0.5, 0.6) is 0 Å². The first-order chi connectivity index (χ1) is 28.6. The molecule has 59 heavy (non-hydrogen) atoms. The molecule has 16 nitrogen and oxygen atoms in total. The summed E-state index contributed by atoms with van der Waals surface area (Å²) in [5.41, 5.74) is 3.26. The molecule has 2 amide bonds. The molecule has 4 saturated heterocycles. The fraction of sp³-hybridized carbons (Fsp3) is 0.415. The van der Waals surface area contributed by atoms with E-state index >= 15 is 4.39 Å². The first-order valence-electron chi connectivity index (χ1n) is 20.0. The summed E-state index contributed by atoms with van der Waals surface area (Å²) >= 11 is 0. The number of halogens is 2. The highest BCUT2D eigenvalue weighted by Gasteiger charge is 2.54. The van der Waals surface area contributed by atoms with Crippen LogP contribution in [-0.4, -0.2) is 131 Å². The lowest BCUT2D eigenvalue weighted by atomic mass is 9.87. The summed E-state index contributed by atoms with van der Waals surface area (Å²) in [5, 5.41) is 8.63. The topological polar surface area (TPSA) is 156 Å². The fourth-order valence-electron chi connectivity index (χ4n) is 9.49. The van der Waals surface area contributed by atoms with Gasteiger partial charge in [0, 0.05) is 58.1 Å². The number of fused-ring (bicyclic) bond motifs is 8. The minimum atomic E-state index is -0.812. The highest BCUT2D eigenvalue weighted by atomic mass is 19.1. The van der Waals surface area contributed by atoms with Crippen LogP contribution in [-0.2, 0) is 20.9 Å². The first-order valence-corrected chi connectivity index (χ1v) is 20.0. The molecule has 5 aromatic heterocycles. The van der Waals surface area contributed by atoms with Crippen molar-refractivity contribution in [2.45, 2.75) is 75.5 Å². The van der Waals surface area contributed by atoms with Gasteiger partial charge in [0.2, 0.25) is 17.8 Å². The van der Waals surface area contributed by atoms with Crippen molar-refractivity contribution in [2.75, 3.05) is 48.9 Å².